The van der Waals surface area contributed by atoms with Crippen LogP contribution in [0.2, 0.25) is 0 Å². The van der Waals surface area contributed by atoms with E-state index < -0.39 is 41.3 Å². The SMILES string of the molecule is C=C1CCC(C=C2CC2)(C(=O)NCc2cc(C(F)(F)F)cc(C(F)(F)F)c2)C1. The fourth-order valence-corrected chi connectivity index (χ4v) is 3.49. The van der Waals surface area contributed by atoms with Crippen LogP contribution in [0.3, 0.4) is 0 Å². The second-order valence-electron chi connectivity index (χ2n) is 7.48. The van der Waals surface area contributed by atoms with Gasteiger partial charge in [-0.2, -0.15) is 26.3 Å². The van der Waals surface area contributed by atoms with Crippen molar-refractivity contribution in [2.75, 3.05) is 0 Å². The van der Waals surface area contributed by atoms with E-state index in [1.54, 1.807) is 0 Å². The minimum atomic E-state index is -4.92. The summed E-state index contributed by atoms with van der Waals surface area (Å²) in [5.41, 5.74) is -1.79. The van der Waals surface area contributed by atoms with Gasteiger partial charge < -0.3 is 5.32 Å². The summed E-state index contributed by atoms with van der Waals surface area (Å²) in [7, 11) is 0. The summed E-state index contributed by atoms with van der Waals surface area (Å²) in [6, 6.07) is 1.34. The topological polar surface area (TPSA) is 29.1 Å². The highest BCUT2D eigenvalue weighted by atomic mass is 19.4. The Bertz CT molecular complexity index is 798. The van der Waals surface area contributed by atoms with Crippen LogP contribution in [-0.4, -0.2) is 5.91 Å². The van der Waals surface area contributed by atoms with Crippen molar-refractivity contribution >= 4 is 5.91 Å². The van der Waals surface area contributed by atoms with E-state index in [1.807, 2.05) is 6.08 Å². The van der Waals surface area contributed by atoms with Crippen LogP contribution in [0.5, 0.6) is 0 Å². The van der Waals surface area contributed by atoms with E-state index in [9.17, 15) is 31.1 Å². The molecule has 2 fully saturated rings. The van der Waals surface area contributed by atoms with Crippen molar-refractivity contribution in [1.82, 2.24) is 5.32 Å². The molecule has 2 saturated carbocycles. The number of alkyl halides is 6. The molecular formula is C20H19F6NO. The Morgan fingerprint density at radius 1 is 1.04 bits per heavy atom. The minimum absolute atomic E-state index is 0.0747. The summed E-state index contributed by atoms with van der Waals surface area (Å²) in [6.07, 6.45) is -4.47. The van der Waals surface area contributed by atoms with Gasteiger partial charge in [-0.05, 0) is 55.9 Å². The molecule has 28 heavy (non-hydrogen) atoms. The molecular weight excluding hydrogens is 384 g/mol. The van der Waals surface area contributed by atoms with E-state index in [2.05, 4.69) is 11.9 Å². The molecule has 152 valence electrons. The van der Waals surface area contributed by atoms with Gasteiger partial charge in [-0.25, -0.2) is 0 Å². The predicted octanol–water partition coefficient (Wildman–Crippen LogP) is 5.79. The van der Waals surface area contributed by atoms with E-state index in [1.165, 1.54) is 0 Å². The molecule has 0 spiro atoms. The number of halogens is 6. The first-order valence-electron chi connectivity index (χ1n) is 8.83. The third-order valence-electron chi connectivity index (χ3n) is 5.06. The van der Waals surface area contributed by atoms with Crippen LogP contribution in [0.15, 0.2) is 42.0 Å². The quantitative estimate of drug-likeness (QED) is 0.501. The van der Waals surface area contributed by atoms with Crippen molar-refractivity contribution < 1.29 is 31.1 Å². The molecule has 0 heterocycles. The molecule has 1 aromatic rings. The van der Waals surface area contributed by atoms with Crippen molar-refractivity contribution in [2.24, 2.45) is 5.41 Å². The van der Waals surface area contributed by atoms with Gasteiger partial charge in [0.25, 0.3) is 0 Å². The maximum atomic E-state index is 13.0. The Labute approximate surface area is 158 Å². The lowest BCUT2D eigenvalue weighted by atomic mass is 9.84. The van der Waals surface area contributed by atoms with Gasteiger partial charge in [-0.15, -0.1) is 0 Å². The normalized spacial score (nSPS) is 22.4. The third kappa shape index (κ3) is 4.59. The number of carbonyl (C=O) groups excluding carboxylic acids is 1. The fraction of sp³-hybridized carbons (Fsp3) is 0.450. The van der Waals surface area contributed by atoms with E-state index in [4.69, 9.17) is 0 Å². The summed E-state index contributed by atoms with van der Waals surface area (Å²) < 4.78 is 77.8. The lowest BCUT2D eigenvalue weighted by Crippen LogP contribution is -2.37. The number of hydrogen-bond donors (Lipinski definition) is 1. The lowest BCUT2D eigenvalue weighted by molar-refractivity contribution is -0.143. The lowest BCUT2D eigenvalue weighted by Gasteiger charge is -2.24. The van der Waals surface area contributed by atoms with Crippen LogP contribution in [0.25, 0.3) is 0 Å². The van der Waals surface area contributed by atoms with Crippen molar-refractivity contribution in [3.63, 3.8) is 0 Å². The van der Waals surface area contributed by atoms with Crippen LogP contribution in [-0.2, 0) is 23.7 Å². The smallest absolute Gasteiger partial charge is 0.351 e. The van der Waals surface area contributed by atoms with Gasteiger partial charge in [-0.1, -0.05) is 23.8 Å². The Morgan fingerprint density at radius 2 is 1.61 bits per heavy atom. The standard InChI is InChI=1S/C20H19F6NO/c1-12-4-5-18(9-12,10-13-2-3-13)17(28)27-11-14-6-15(19(21,22)23)8-16(7-14)20(24,25)26/h6-8,10H,1-5,9,11H2,(H,27,28). The summed E-state index contributed by atoms with van der Waals surface area (Å²) in [5, 5.41) is 2.53. The fourth-order valence-electron chi connectivity index (χ4n) is 3.49. The molecule has 1 aromatic carbocycles. The Balaban J connectivity index is 1.82. The number of allylic oxidation sites excluding steroid dienone is 2. The molecule has 0 radical (unpaired) electrons. The zero-order valence-electron chi connectivity index (χ0n) is 14.9. The molecule has 1 atom stereocenters. The van der Waals surface area contributed by atoms with Crippen molar-refractivity contribution in [1.29, 1.82) is 0 Å². The highest BCUT2D eigenvalue weighted by Gasteiger charge is 2.42. The molecule has 1 amide bonds. The van der Waals surface area contributed by atoms with Gasteiger partial charge in [-0.3, -0.25) is 4.79 Å². The maximum Gasteiger partial charge on any atom is 0.416 e. The summed E-state index contributed by atoms with van der Waals surface area (Å²) >= 11 is 0. The molecule has 0 bridgehead atoms. The van der Waals surface area contributed by atoms with Crippen LogP contribution in [0.4, 0.5) is 26.3 Å². The minimum Gasteiger partial charge on any atom is -0.351 e. The van der Waals surface area contributed by atoms with Gasteiger partial charge in [0.15, 0.2) is 0 Å². The van der Waals surface area contributed by atoms with Gasteiger partial charge in [0.1, 0.15) is 0 Å². The average Bonchev–Trinajstić information content (AvgIpc) is 3.31. The molecule has 0 aliphatic heterocycles. The molecule has 2 nitrogen and oxygen atoms in total. The van der Waals surface area contributed by atoms with E-state index in [0.29, 0.717) is 31.4 Å². The second-order valence-corrected chi connectivity index (χ2v) is 7.48. The summed E-state index contributed by atoms with van der Waals surface area (Å²) in [5.74, 6) is -0.392. The molecule has 8 heteroatoms. The van der Waals surface area contributed by atoms with Crippen molar-refractivity contribution in [3.05, 3.63) is 58.7 Å². The molecule has 2 aliphatic carbocycles. The highest BCUT2D eigenvalue weighted by molar-refractivity contribution is 5.86. The Morgan fingerprint density at radius 3 is 2.04 bits per heavy atom. The first kappa shape index (κ1) is 20.5. The predicted molar refractivity (Wildman–Crippen MR) is 91.0 cm³/mol. The first-order valence-corrected chi connectivity index (χ1v) is 8.83. The maximum absolute atomic E-state index is 13.0. The zero-order chi connectivity index (χ0) is 20.7. The van der Waals surface area contributed by atoms with Crippen molar-refractivity contribution in [3.8, 4) is 0 Å². The van der Waals surface area contributed by atoms with Gasteiger partial charge in [0.05, 0.1) is 16.5 Å². The van der Waals surface area contributed by atoms with Crippen LogP contribution < -0.4 is 5.32 Å². The number of amides is 1. The molecule has 1 unspecified atom stereocenters. The molecule has 1 N–H and O–H groups in total. The number of hydrogen-bond acceptors (Lipinski definition) is 1. The average molecular weight is 403 g/mol. The largest absolute Gasteiger partial charge is 0.416 e. The Hall–Kier alpha value is -2.25. The molecule has 0 saturated heterocycles. The van der Waals surface area contributed by atoms with Crippen molar-refractivity contribution in [2.45, 2.75) is 51.0 Å². The summed E-state index contributed by atoms with van der Waals surface area (Å²) in [4.78, 5) is 12.8. The van der Waals surface area contributed by atoms with Crippen LogP contribution >= 0.6 is 0 Å². The zero-order valence-corrected chi connectivity index (χ0v) is 14.9. The number of rotatable bonds is 4. The van der Waals surface area contributed by atoms with Crippen LogP contribution in [0, 0.1) is 5.41 Å². The van der Waals surface area contributed by atoms with Gasteiger partial charge in [0, 0.05) is 6.54 Å². The number of carbonyl (C=O) groups is 1. The van der Waals surface area contributed by atoms with Crippen LogP contribution in [0.1, 0.15) is 48.8 Å². The second kappa shape index (κ2) is 6.97. The molecule has 0 aromatic heterocycles. The first-order chi connectivity index (χ1) is 12.9. The van der Waals surface area contributed by atoms with E-state index in [0.717, 1.165) is 24.0 Å². The summed E-state index contributed by atoms with van der Waals surface area (Å²) in [6.45, 7) is 3.48. The number of benzene rings is 1. The van der Waals surface area contributed by atoms with E-state index in [-0.39, 0.29) is 11.6 Å². The third-order valence-corrected chi connectivity index (χ3v) is 5.06. The Kier molecular flexibility index (Phi) is 5.10. The highest BCUT2D eigenvalue weighted by Crippen LogP contribution is 2.46. The monoisotopic (exact) mass is 403 g/mol. The van der Waals surface area contributed by atoms with Gasteiger partial charge >= 0.3 is 12.4 Å². The molecule has 3 rings (SSSR count). The number of nitrogens with one attached hydrogen (secondary N) is 1. The molecule has 2 aliphatic rings. The van der Waals surface area contributed by atoms with Gasteiger partial charge in [0.2, 0.25) is 5.91 Å². The van der Waals surface area contributed by atoms with E-state index >= 15 is 0 Å².